The fourth-order valence-corrected chi connectivity index (χ4v) is 30.5. The third-order valence-electron chi connectivity index (χ3n) is 8.47. The van der Waals surface area contributed by atoms with Crippen molar-refractivity contribution in [3.63, 3.8) is 0 Å². The molecule has 0 spiro atoms. The number of hydrogen-bond donors (Lipinski definition) is 0. The monoisotopic (exact) mass is 450 g/mol. The van der Waals surface area contributed by atoms with Crippen molar-refractivity contribution in [2.45, 2.75) is 104 Å². The average Bonchev–Trinajstić information content (AvgIpc) is 3.21. The quantitative estimate of drug-likeness (QED) is 0.542. The standard InChI is InChI=1S/C22H42O2Si4/c1-9-25(10-2)19-17-21-22(18-20(19)26(11-3,12-4)23-25)28(15-7,16-8)24-27(21,13-5)14-6/h17-18H,9-16H2,1-8H3. The molecule has 6 heteroatoms. The van der Waals surface area contributed by atoms with Crippen LogP contribution in [0.4, 0.5) is 0 Å². The van der Waals surface area contributed by atoms with Crippen LogP contribution in [0, 0.1) is 0 Å². The van der Waals surface area contributed by atoms with E-state index in [4.69, 9.17) is 8.23 Å². The third kappa shape index (κ3) is 2.82. The Bertz CT molecular complexity index is 601. The van der Waals surface area contributed by atoms with E-state index in [1.54, 1.807) is 20.7 Å². The molecule has 0 bridgehead atoms. The highest BCUT2D eigenvalue weighted by Crippen LogP contribution is 2.36. The summed E-state index contributed by atoms with van der Waals surface area (Å²) >= 11 is 0. The fourth-order valence-electron chi connectivity index (χ4n) is 6.18. The van der Waals surface area contributed by atoms with Crippen molar-refractivity contribution in [3.8, 4) is 0 Å². The smallest absolute Gasteiger partial charge is 0.211 e. The summed E-state index contributed by atoms with van der Waals surface area (Å²) < 4.78 is 14.6. The molecule has 0 saturated heterocycles. The molecule has 3 rings (SSSR count). The Kier molecular flexibility index (Phi) is 6.42. The van der Waals surface area contributed by atoms with E-state index < -0.39 is 33.3 Å². The molecule has 0 atom stereocenters. The maximum Gasteiger partial charge on any atom is 0.211 e. The van der Waals surface area contributed by atoms with Gasteiger partial charge >= 0.3 is 0 Å². The Hall–Kier alpha value is 0.00753. The highest BCUT2D eigenvalue weighted by molar-refractivity contribution is 7.11. The number of benzene rings is 1. The molecule has 0 aromatic heterocycles. The van der Waals surface area contributed by atoms with Crippen molar-refractivity contribution in [1.29, 1.82) is 0 Å². The SMILES string of the molecule is CC[Si]1(CC)O[Si](CC)(CC)c2cc3c(cc21)[Si](CC)(CC)O[Si]3(CC)CC. The van der Waals surface area contributed by atoms with Crippen LogP contribution in [0.15, 0.2) is 12.1 Å². The van der Waals surface area contributed by atoms with Crippen molar-refractivity contribution in [1.82, 2.24) is 0 Å². The van der Waals surface area contributed by atoms with E-state index in [-0.39, 0.29) is 0 Å². The summed E-state index contributed by atoms with van der Waals surface area (Å²) in [6.07, 6.45) is 0. The Morgan fingerprint density at radius 3 is 0.750 bits per heavy atom. The number of fused-ring (bicyclic) bond motifs is 2. The fraction of sp³-hybridized carbons (Fsp3) is 0.727. The molecule has 2 aliphatic heterocycles. The average molecular weight is 451 g/mol. The predicted octanol–water partition coefficient (Wildman–Crippen LogP) is 4.52. The Morgan fingerprint density at radius 1 is 0.429 bits per heavy atom. The third-order valence-corrected chi connectivity index (χ3v) is 29.9. The van der Waals surface area contributed by atoms with Crippen LogP contribution >= 0.6 is 0 Å². The van der Waals surface area contributed by atoms with E-state index in [1.165, 1.54) is 48.4 Å². The molecule has 0 unspecified atom stereocenters. The van der Waals surface area contributed by atoms with Gasteiger partial charge in [-0.2, -0.15) is 0 Å². The Morgan fingerprint density at radius 2 is 0.607 bits per heavy atom. The molecule has 2 nitrogen and oxygen atoms in total. The van der Waals surface area contributed by atoms with E-state index in [1.807, 2.05) is 0 Å². The molecule has 158 valence electrons. The lowest BCUT2D eigenvalue weighted by Gasteiger charge is -2.33. The van der Waals surface area contributed by atoms with Crippen molar-refractivity contribution in [3.05, 3.63) is 12.1 Å². The first-order valence-corrected chi connectivity index (χ1v) is 21.2. The largest absolute Gasteiger partial charge is 0.448 e. The van der Waals surface area contributed by atoms with Gasteiger partial charge < -0.3 is 8.23 Å². The minimum Gasteiger partial charge on any atom is -0.448 e. The summed E-state index contributed by atoms with van der Waals surface area (Å²) in [5.74, 6) is 0. The first-order chi connectivity index (χ1) is 13.4. The van der Waals surface area contributed by atoms with Crippen LogP contribution in [0.1, 0.15) is 55.4 Å². The molecule has 1 aromatic carbocycles. The van der Waals surface area contributed by atoms with Gasteiger partial charge in [0.05, 0.1) is 0 Å². The van der Waals surface area contributed by atoms with E-state index >= 15 is 0 Å². The second kappa shape index (κ2) is 7.93. The van der Waals surface area contributed by atoms with Gasteiger partial charge in [0, 0.05) is 0 Å². The molecular weight excluding hydrogens is 409 g/mol. The van der Waals surface area contributed by atoms with E-state index in [9.17, 15) is 0 Å². The molecule has 0 amide bonds. The lowest BCUT2D eigenvalue weighted by Crippen LogP contribution is -2.58. The van der Waals surface area contributed by atoms with Gasteiger partial charge in [-0.3, -0.25) is 0 Å². The molecule has 0 N–H and O–H groups in total. The summed E-state index contributed by atoms with van der Waals surface area (Å²) in [6.45, 7) is 19.1. The maximum atomic E-state index is 7.32. The molecule has 0 saturated carbocycles. The molecule has 0 aliphatic carbocycles. The van der Waals surface area contributed by atoms with Crippen molar-refractivity contribution >= 4 is 54.0 Å². The van der Waals surface area contributed by atoms with Gasteiger partial charge in [-0.05, 0) is 69.1 Å². The first-order valence-electron chi connectivity index (χ1n) is 12.0. The van der Waals surface area contributed by atoms with E-state index in [0.717, 1.165) is 0 Å². The lowest BCUT2D eigenvalue weighted by molar-refractivity contribution is 0.549. The predicted molar refractivity (Wildman–Crippen MR) is 134 cm³/mol. The molecule has 2 heterocycles. The zero-order valence-electron chi connectivity index (χ0n) is 19.6. The molecule has 0 radical (unpaired) electrons. The van der Waals surface area contributed by atoms with Crippen LogP contribution in [0.25, 0.3) is 0 Å². The second-order valence-electron chi connectivity index (χ2n) is 8.95. The lowest BCUT2D eigenvalue weighted by atomic mass is 10.3. The van der Waals surface area contributed by atoms with Gasteiger partial charge in [0.1, 0.15) is 0 Å². The number of rotatable bonds is 8. The van der Waals surface area contributed by atoms with Gasteiger partial charge in [0.2, 0.25) is 33.3 Å². The van der Waals surface area contributed by atoms with Gasteiger partial charge in [0.15, 0.2) is 0 Å². The Balaban J connectivity index is 2.37. The Labute approximate surface area is 178 Å². The summed E-state index contributed by atoms with van der Waals surface area (Å²) in [7, 11) is -7.33. The van der Waals surface area contributed by atoms with Crippen molar-refractivity contribution in [2.24, 2.45) is 0 Å². The van der Waals surface area contributed by atoms with Gasteiger partial charge in [0.25, 0.3) is 0 Å². The van der Waals surface area contributed by atoms with Crippen molar-refractivity contribution in [2.75, 3.05) is 0 Å². The zero-order valence-corrected chi connectivity index (χ0v) is 23.6. The highest BCUT2D eigenvalue weighted by Gasteiger charge is 2.58. The summed E-state index contributed by atoms with van der Waals surface area (Å²) in [5, 5.41) is 6.80. The van der Waals surface area contributed by atoms with E-state index in [0.29, 0.717) is 0 Å². The second-order valence-corrected chi connectivity index (χ2v) is 26.4. The van der Waals surface area contributed by atoms with Crippen LogP contribution in [0.3, 0.4) is 0 Å². The van der Waals surface area contributed by atoms with Gasteiger partial charge in [-0.25, -0.2) is 0 Å². The van der Waals surface area contributed by atoms with Crippen LogP contribution in [0.2, 0.25) is 48.4 Å². The summed E-state index contributed by atoms with van der Waals surface area (Å²) in [6, 6.07) is 15.2. The molecule has 2 aliphatic rings. The molecular formula is C22H42O2Si4. The van der Waals surface area contributed by atoms with Crippen LogP contribution < -0.4 is 20.7 Å². The molecule has 1 aromatic rings. The van der Waals surface area contributed by atoms with E-state index in [2.05, 4.69) is 67.5 Å². The normalized spacial score (nSPS) is 22.9. The van der Waals surface area contributed by atoms with Gasteiger partial charge in [-0.15, -0.1) is 0 Å². The minimum absolute atomic E-state index is 1.22. The van der Waals surface area contributed by atoms with Crippen LogP contribution in [0.5, 0.6) is 0 Å². The highest BCUT2D eigenvalue weighted by atomic mass is 28.4. The minimum atomic E-state index is -1.83. The summed E-state index contributed by atoms with van der Waals surface area (Å²) in [5.41, 5.74) is 0. The number of hydrogen-bond acceptors (Lipinski definition) is 2. The van der Waals surface area contributed by atoms with Crippen molar-refractivity contribution < 1.29 is 8.23 Å². The maximum absolute atomic E-state index is 7.32. The van der Waals surface area contributed by atoms with Crippen LogP contribution in [-0.4, -0.2) is 33.3 Å². The summed E-state index contributed by atoms with van der Waals surface area (Å²) in [4.78, 5) is 0. The first kappa shape index (κ1) is 22.7. The van der Waals surface area contributed by atoms with Crippen LogP contribution in [-0.2, 0) is 8.23 Å². The molecule has 28 heavy (non-hydrogen) atoms. The molecule has 0 fully saturated rings. The topological polar surface area (TPSA) is 18.5 Å². The zero-order chi connectivity index (χ0) is 20.8. The van der Waals surface area contributed by atoms with Gasteiger partial charge in [-0.1, -0.05) is 67.5 Å².